The van der Waals surface area contributed by atoms with Crippen LogP contribution >= 0.6 is 0 Å². The predicted octanol–water partition coefficient (Wildman–Crippen LogP) is 3.24. The van der Waals surface area contributed by atoms with Crippen molar-refractivity contribution in [2.75, 3.05) is 24.5 Å². The van der Waals surface area contributed by atoms with Crippen molar-refractivity contribution >= 4 is 17.5 Å². The molecule has 148 valence electrons. The Hall–Kier alpha value is -2.04. The topological polar surface area (TPSA) is 61.4 Å². The first kappa shape index (κ1) is 19.7. The van der Waals surface area contributed by atoms with Crippen LogP contribution in [0.4, 0.5) is 5.69 Å². The Morgan fingerprint density at radius 1 is 1.19 bits per heavy atom. The van der Waals surface area contributed by atoms with Crippen molar-refractivity contribution in [1.82, 2.24) is 10.6 Å². The summed E-state index contributed by atoms with van der Waals surface area (Å²) in [4.78, 5) is 26.1. The molecule has 5 nitrogen and oxygen atoms in total. The number of nitrogens with zero attached hydrogens (tertiary/aromatic N) is 1. The van der Waals surface area contributed by atoms with Crippen molar-refractivity contribution in [3.63, 3.8) is 0 Å². The summed E-state index contributed by atoms with van der Waals surface area (Å²) in [5.41, 5.74) is 2.16. The molecule has 0 bridgehead atoms. The van der Waals surface area contributed by atoms with E-state index in [2.05, 4.69) is 22.5 Å². The number of carbonyl (C=O) groups is 2. The lowest BCUT2D eigenvalue weighted by Gasteiger charge is -2.29. The molecule has 1 aliphatic carbocycles. The molecule has 1 aromatic rings. The van der Waals surface area contributed by atoms with Gasteiger partial charge in [-0.15, -0.1) is 0 Å². The molecule has 1 heterocycles. The highest BCUT2D eigenvalue weighted by atomic mass is 16.2. The lowest BCUT2D eigenvalue weighted by molar-refractivity contribution is -0.126. The van der Waals surface area contributed by atoms with E-state index < -0.39 is 0 Å². The summed E-state index contributed by atoms with van der Waals surface area (Å²) in [5, 5.41) is 5.96. The van der Waals surface area contributed by atoms with Gasteiger partial charge in [0.05, 0.1) is 6.54 Å². The molecule has 2 fully saturated rings. The third-order valence-corrected chi connectivity index (χ3v) is 5.99. The zero-order valence-corrected chi connectivity index (χ0v) is 16.5. The zero-order chi connectivity index (χ0) is 19.1. The Kier molecular flexibility index (Phi) is 7.13. The molecule has 0 atom stereocenters. The zero-order valence-electron chi connectivity index (χ0n) is 16.5. The second-order valence-electron chi connectivity index (χ2n) is 8.02. The Labute approximate surface area is 162 Å². The molecule has 1 aliphatic heterocycles. The number of rotatable bonds is 7. The smallest absolute Gasteiger partial charge is 0.239 e. The number of benzene rings is 1. The van der Waals surface area contributed by atoms with E-state index in [0.717, 1.165) is 36.6 Å². The van der Waals surface area contributed by atoms with Gasteiger partial charge in [0.2, 0.25) is 11.8 Å². The fraction of sp³-hybridized carbons (Fsp3) is 0.636. The van der Waals surface area contributed by atoms with Crippen LogP contribution in [0.15, 0.2) is 24.3 Å². The number of hydrogen-bond donors (Lipinski definition) is 2. The van der Waals surface area contributed by atoms with Gasteiger partial charge in [0.25, 0.3) is 0 Å². The summed E-state index contributed by atoms with van der Waals surface area (Å²) >= 11 is 0. The van der Waals surface area contributed by atoms with Gasteiger partial charge >= 0.3 is 0 Å². The number of nitrogens with one attached hydrogen (secondary N) is 2. The van der Waals surface area contributed by atoms with E-state index in [9.17, 15) is 9.59 Å². The summed E-state index contributed by atoms with van der Waals surface area (Å²) in [5.74, 6) is 1.30. The highest BCUT2D eigenvalue weighted by Crippen LogP contribution is 2.32. The fourth-order valence-electron chi connectivity index (χ4n) is 4.22. The number of hydrogen-bond acceptors (Lipinski definition) is 3. The number of unbranched alkanes of at least 4 members (excludes halogenated alkanes) is 1. The van der Waals surface area contributed by atoms with Gasteiger partial charge in [0.15, 0.2) is 0 Å². The standard InChI is InChI=1S/C22H33N3O2/c1-2-3-4-17-5-9-19(10-6-17)22(27)24-15-18-7-11-20(12-8-18)25-14-13-23-21(26)16-25/h7-8,11-12,17,19H,2-6,9-10,13-16H2,1H3,(H,23,26)(H,24,27). The molecule has 27 heavy (non-hydrogen) atoms. The molecule has 5 heteroatoms. The highest BCUT2D eigenvalue weighted by Gasteiger charge is 2.25. The number of piperazine rings is 1. The van der Waals surface area contributed by atoms with Crippen LogP contribution in [0, 0.1) is 11.8 Å². The van der Waals surface area contributed by atoms with E-state index >= 15 is 0 Å². The molecule has 1 aromatic carbocycles. The monoisotopic (exact) mass is 371 g/mol. The maximum atomic E-state index is 12.5. The molecule has 2 aliphatic rings. The van der Waals surface area contributed by atoms with Crippen molar-refractivity contribution < 1.29 is 9.59 Å². The van der Waals surface area contributed by atoms with Gasteiger partial charge < -0.3 is 15.5 Å². The quantitative estimate of drug-likeness (QED) is 0.773. The van der Waals surface area contributed by atoms with Crippen molar-refractivity contribution in [2.45, 2.75) is 58.4 Å². The van der Waals surface area contributed by atoms with Gasteiger partial charge in [0, 0.05) is 31.2 Å². The van der Waals surface area contributed by atoms with Crippen molar-refractivity contribution in [2.24, 2.45) is 11.8 Å². The van der Waals surface area contributed by atoms with E-state index in [1.165, 1.54) is 32.1 Å². The van der Waals surface area contributed by atoms with Crippen LogP contribution in [0.1, 0.15) is 57.4 Å². The number of amides is 2. The lowest BCUT2D eigenvalue weighted by atomic mass is 9.79. The second-order valence-corrected chi connectivity index (χ2v) is 8.02. The molecule has 1 saturated carbocycles. The summed E-state index contributed by atoms with van der Waals surface area (Å²) < 4.78 is 0. The molecule has 3 rings (SSSR count). The summed E-state index contributed by atoms with van der Waals surface area (Å²) in [6.07, 6.45) is 8.40. The number of anilines is 1. The molecule has 0 radical (unpaired) electrons. The first-order valence-corrected chi connectivity index (χ1v) is 10.5. The minimum absolute atomic E-state index is 0.0713. The molecule has 2 amide bonds. The molecule has 0 unspecified atom stereocenters. The van der Waals surface area contributed by atoms with Crippen LogP contribution in [0.2, 0.25) is 0 Å². The molecule has 2 N–H and O–H groups in total. The van der Waals surface area contributed by atoms with E-state index in [-0.39, 0.29) is 17.7 Å². The van der Waals surface area contributed by atoms with Crippen LogP contribution in [0.25, 0.3) is 0 Å². The lowest BCUT2D eigenvalue weighted by Crippen LogP contribution is -2.47. The fourth-order valence-corrected chi connectivity index (χ4v) is 4.22. The molecule has 1 saturated heterocycles. The van der Waals surface area contributed by atoms with Gasteiger partial charge in [-0.05, 0) is 49.3 Å². The normalized spacial score (nSPS) is 23.0. The Morgan fingerprint density at radius 2 is 1.93 bits per heavy atom. The van der Waals surface area contributed by atoms with Crippen LogP contribution in [0.5, 0.6) is 0 Å². The van der Waals surface area contributed by atoms with Gasteiger partial charge in [-0.2, -0.15) is 0 Å². The van der Waals surface area contributed by atoms with Crippen LogP contribution < -0.4 is 15.5 Å². The van der Waals surface area contributed by atoms with Crippen LogP contribution in [-0.2, 0) is 16.1 Å². The van der Waals surface area contributed by atoms with E-state index in [1.807, 2.05) is 24.3 Å². The second kappa shape index (κ2) is 9.77. The van der Waals surface area contributed by atoms with Gasteiger partial charge in [-0.25, -0.2) is 0 Å². The summed E-state index contributed by atoms with van der Waals surface area (Å²) in [7, 11) is 0. The summed E-state index contributed by atoms with van der Waals surface area (Å²) in [6.45, 7) is 4.77. The minimum Gasteiger partial charge on any atom is -0.360 e. The highest BCUT2D eigenvalue weighted by molar-refractivity contribution is 5.82. The van der Waals surface area contributed by atoms with Crippen molar-refractivity contribution in [3.8, 4) is 0 Å². The maximum Gasteiger partial charge on any atom is 0.239 e. The minimum atomic E-state index is 0.0713. The Balaban J connectivity index is 1.42. The molecule has 0 aromatic heterocycles. The largest absolute Gasteiger partial charge is 0.360 e. The van der Waals surface area contributed by atoms with Gasteiger partial charge in [-0.1, -0.05) is 38.3 Å². The summed E-state index contributed by atoms with van der Waals surface area (Å²) in [6, 6.07) is 8.17. The van der Waals surface area contributed by atoms with E-state index in [4.69, 9.17) is 0 Å². The van der Waals surface area contributed by atoms with Crippen molar-refractivity contribution in [1.29, 1.82) is 0 Å². The van der Waals surface area contributed by atoms with E-state index in [0.29, 0.717) is 19.6 Å². The average Bonchev–Trinajstić information content (AvgIpc) is 2.71. The predicted molar refractivity (Wildman–Crippen MR) is 108 cm³/mol. The third kappa shape index (κ3) is 5.72. The van der Waals surface area contributed by atoms with E-state index in [1.54, 1.807) is 0 Å². The van der Waals surface area contributed by atoms with Crippen LogP contribution in [-0.4, -0.2) is 31.4 Å². The molecule has 0 spiro atoms. The first-order chi connectivity index (χ1) is 13.2. The Morgan fingerprint density at radius 3 is 2.59 bits per heavy atom. The van der Waals surface area contributed by atoms with Gasteiger partial charge in [0.1, 0.15) is 0 Å². The van der Waals surface area contributed by atoms with Gasteiger partial charge in [-0.3, -0.25) is 9.59 Å². The Bertz CT molecular complexity index is 621. The molecular formula is C22H33N3O2. The average molecular weight is 372 g/mol. The van der Waals surface area contributed by atoms with Crippen LogP contribution in [0.3, 0.4) is 0 Å². The third-order valence-electron chi connectivity index (χ3n) is 5.99. The molecular weight excluding hydrogens is 338 g/mol. The first-order valence-electron chi connectivity index (χ1n) is 10.5. The number of carbonyl (C=O) groups excluding carboxylic acids is 2. The SMILES string of the molecule is CCCCC1CCC(C(=O)NCc2ccc(N3CCNC(=O)C3)cc2)CC1. The van der Waals surface area contributed by atoms with Crippen molar-refractivity contribution in [3.05, 3.63) is 29.8 Å². The maximum absolute atomic E-state index is 12.5.